The van der Waals surface area contributed by atoms with Gasteiger partial charge >= 0.3 is 0 Å². The number of hydrogen-bond donors (Lipinski definition) is 0. The Morgan fingerprint density at radius 3 is 2.58 bits per heavy atom. The monoisotopic (exact) mass is 277 g/mol. The second kappa shape index (κ2) is 5.86. The number of ether oxygens (including phenoxy) is 1. The molecule has 0 amide bonds. The van der Waals surface area contributed by atoms with Gasteiger partial charge in [-0.3, -0.25) is 4.18 Å². The normalized spacial score (nSPS) is 11.2. The Morgan fingerprint density at radius 2 is 1.89 bits per heavy atom. The minimum atomic E-state index is -3.74. The van der Waals surface area contributed by atoms with Gasteiger partial charge in [0.1, 0.15) is 5.75 Å². The summed E-state index contributed by atoms with van der Waals surface area (Å²) in [6.07, 6.45) is 0. The van der Waals surface area contributed by atoms with Crippen LogP contribution in [0.25, 0.3) is 0 Å². The third kappa shape index (κ3) is 3.56. The molecule has 0 aliphatic rings. The molecule has 2 rings (SSSR count). The summed E-state index contributed by atoms with van der Waals surface area (Å²) in [5.41, 5.74) is 0.727. The maximum atomic E-state index is 11.9. The van der Waals surface area contributed by atoms with E-state index in [9.17, 15) is 8.42 Å². The van der Waals surface area contributed by atoms with Crippen molar-refractivity contribution >= 4 is 10.1 Å². The Bertz CT molecular complexity index is 636. The van der Waals surface area contributed by atoms with Crippen molar-refractivity contribution in [3.8, 4) is 5.75 Å². The van der Waals surface area contributed by atoms with E-state index < -0.39 is 10.1 Å². The van der Waals surface area contributed by atoms with Crippen LogP contribution in [0.3, 0.4) is 0 Å². The van der Waals surface area contributed by atoms with Crippen molar-refractivity contribution < 1.29 is 17.3 Å². The molecule has 0 spiro atoms. The van der Waals surface area contributed by atoms with E-state index in [1.54, 1.807) is 31.4 Å². The fourth-order valence-corrected chi connectivity index (χ4v) is 2.41. The molecule has 0 saturated carbocycles. The van der Waals surface area contributed by atoms with Gasteiger partial charge in [-0.15, -0.1) is 0 Å². The summed E-state index contributed by atoms with van der Waals surface area (Å²) in [6.45, 7) is -0.0296. The van der Waals surface area contributed by atoms with Gasteiger partial charge in [0.2, 0.25) is 0 Å². The molecule has 0 unspecified atom stereocenters. The molecule has 99 valence electrons. The largest absolute Gasteiger partial charge is 0.497 e. The molecule has 0 N–H and O–H groups in total. The van der Waals surface area contributed by atoms with Crippen LogP contribution >= 0.6 is 0 Å². The lowest BCUT2D eigenvalue weighted by atomic mass is 10.2. The van der Waals surface area contributed by atoms with Crippen LogP contribution < -0.4 is 4.74 Å². The summed E-state index contributed by atoms with van der Waals surface area (Å²) in [4.78, 5) is 0.120. The predicted molar refractivity (Wildman–Crippen MR) is 70.2 cm³/mol. The molecule has 0 aromatic heterocycles. The minimum Gasteiger partial charge on any atom is -0.497 e. The standard InChI is InChI=1S/C14H13O4S/c1-17-13-7-5-6-12(10-13)11-18-19(15,16)14-8-3-2-4-9-14/h3-10H,11H2,1H3. The van der Waals surface area contributed by atoms with E-state index in [0.717, 1.165) is 5.56 Å². The molecule has 0 saturated heterocycles. The van der Waals surface area contributed by atoms with Gasteiger partial charge in [0.05, 0.1) is 18.6 Å². The zero-order valence-electron chi connectivity index (χ0n) is 10.4. The zero-order chi connectivity index (χ0) is 13.7. The smallest absolute Gasteiger partial charge is 0.297 e. The van der Waals surface area contributed by atoms with Gasteiger partial charge in [0.15, 0.2) is 0 Å². The van der Waals surface area contributed by atoms with Crippen LogP contribution in [-0.2, 0) is 20.9 Å². The van der Waals surface area contributed by atoms with Crippen LogP contribution in [0.15, 0.2) is 53.4 Å². The highest BCUT2D eigenvalue weighted by atomic mass is 32.2. The first kappa shape index (κ1) is 13.6. The second-order valence-corrected chi connectivity index (χ2v) is 5.42. The maximum Gasteiger partial charge on any atom is 0.297 e. The lowest BCUT2D eigenvalue weighted by molar-refractivity contribution is 0.307. The summed E-state index contributed by atoms with van der Waals surface area (Å²) in [7, 11) is -2.19. The Morgan fingerprint density at radius 1 is 1.16 bits per heavy atom. The summed E-state index contributed by atoms with van der Waals surface area (Å²) < 4.78 is 33.9. The van der Waals surface area contributed by atoms with Crippen LogP contribution in [-0.4, -0.2) is 15.5 Å². The molecule has 4 nitrogen and oxygen atoms in total. The van der Waals surface area contributed by atoms with E-state index in [0.29, 0.717) is 5.75 Å². The highest BCUT2D eigenvalue weighted by Crippen LogP contribution is 2.17. The molecule has 2 aromatic rings. The molecule has 0 aliphatic heterocycles. The fourth-order valence-electron chi connectivity index (χ4n) is 1.51. The third-order valence-corrected chi connectivity index (χ3v) is 3.77. The number of hydrogen-bond acceptors (Lipinski definition) is 4. The molecule has 19 heavy (non-hydrogen) atoms. The van der Waals surface area contributed by atoms with Gasteiger partial charge in [-0.05, 0) is 35.9 Å². The van der Waals surface area contributed by atoms with Gasteiger partial charge in [-0.25, -0.2) is 0 Å². The van der Waals surface area contributed by atoms with Crippen LogP contribution in [0.5, 0.6) is 5.75 Å². The van der Waals surface area contributed by atoms with E-state index in [2.05, 4.69) is 6.07 Å². The Kier molecular flexibility index (Phi) is 4.19. The van der Waals surface area contributed by atoms with E-state index in [1.165, 1.54) is 24.3 Å². The van der Waals surface area contributed by atoms with Crippen LogP contribution in [0.2, 0.25) is 0 Å². The van der Waals surface area contributed by atoms with Crippen molar-refractivity contribution in [1.82, 2.24) is 0 Å². The second-order valence-electron chi connectivity index (χ2n) is 3.80. The van der Waals surface area contributed by atoms with Crippen LogP contribution in [0, 0.1) is 6.07 Å². The molecule has 0 fully saturated rings. The molecule has 0 heterocycles. The summed E-state index contributed by atoms with van der Waals surface area (Å²) in [5, 5.41) is 0. The van der Waals surface area contributed by atoms with Crippen LogP contribution in [0.1, 0.15) is 5.56 Å². The van der Waals surface area contributed by atoms with Crippen molar-refractivity contribution in [2.24, 2.45) is 0 Å². The zero-order valence-corrected chi connectivity index (χ0v) is 11.2. The van der Waals surface area contributed by atoms with Gasteiger partial charge in [0, 0.05) is 0 Å². The van der Waals surface area contributed by atoms with E-state index in [4.69, 9.17) is 8.92 Å². The molecule has 5 heteroatoms. The molecule has 0 bridgehead atoms. The fraction of sp³-hybridized carbons (Fsp3) is 0.143. The van der Waals surface area contributed by atoms with Gasteiger partial charge < -0.3 is 4.74 Å². The lowest BCUT2D eigenvalue weighted by Gasteiger charge is -2.06. The van der Waals surface area contributed by atoms with Crippen molar-refractivity contribution in [2.75, 3.05) is 7.11 Å². The first-order valence-corrected chi connectivity index (χ1v) is 7.01. The van der Waals surface area contributed by atoms with E-state index in [1.807, 2.05) is 0 Å². The number of benzene rings is 2. The highest BCUT2D eigenvalue weighted by molar-refractivity contribution is 7.86. The van der Waals surface area contributed by atoms with Gasteiger partial charge in [0.25, 0.3) is 10.1 Å². The summed E-state index contributed by atoms with van der Waals surface area (Å²) >= 11 is 0. The van der Waals surface area contributed by atoms with Crippen LogP contribution in [0.4, 0.5) is 0 Å². The minimum absolute atomic E-state index is 0.0296. The van der Waals surface area contributed by atoms with Crippen molar-refractivity contribution in [3.05, 3.63) is 60.2 Å². The average Bonchev–Trinajstić information content (AvgIpc) is 2.46. The highest BCUT2D eigenvalue weighted by Gasteiger charge is 2.14. The molecule has 2 aromatic carbocycles. The maximum absolute atomic E-state index is 11.9. The number of methoxy groups -OCH3 is 1. The first-order valence-electron chi connectivity index (χ1n) is 5.60. The predicted octanol–water partition coefficient (Wildman–Crippen LogP) is 2.40. The quantitative estimate of drug-likeness (QED) is 0.787. The van der Waals surface area contributed by atoms with Crippen molar-refractivity contribution in [1.29, 1.82) is 0 Å². The topological polar surface area (TPSA) is 52.6 Å². The average molecular weight is 277 g/mol. The SMILES string of the molecule is COc1cccc(COS(=O)(=O)c2cc[c]cc2)c1. The molecular weight excluding hydrogens is 264 g/mol. The number of rotatable bonds is 5. The Hall–Kier alpha value is -1.85. The van der Waals surface area contributed by atoms with E-state index in [-0.39, 0.29) is 11.5 Å². The Balaban J connectivity index is 2.10. The summed E-state index contributed by atoms with van der Waals surface area (Å²) in [6, 6.07) is 15.8. The molecule has 0 aliphatic carbocycles. The Labute approximate surface area is 112 Å². The molecular formula is C14H13O4S. The van der Waals surface area contributed by atoms with Gasteiger partial charge in [-0.2, -0.15) is 8.42 Å². The lowest BCUT2D eigenvalue weighted by Crippen LogP contribution is -2.06. The van der Waals surface area contributed by atoms with Crippen molar-refractivity contribution in [2.45, 2.75) is 11.5 Å². The third-order valence-electron chi connectivity index (χ3n) is 2.49. The molecule has 1 radical (unpaired) electrons. The first-order chi connectivity index (χ1) is 9.12. The summed E-state index contributed by atoms with van der Waals surface area (Å²) in [5.74, 6) is 0.660. The van der Waals surface area contributed by atoms with Crippen molar-refractivity contribution in [3.63, 3.8) is 0 Å². The molecule has 0 atom stereocenters. The van der Waals surface area contributed by atoms with E-state index >= 15 is 0 Å². The van der Waals surface area contributed by atoms with Gasteiger partial charge in [-0.1, -0.05) is 24.3 Å².